The van der Waals surface area contributed by atoms with Crippen LogP contribution in [0, 0.1) is 0 Å². The van der Waals surface area contributed by atoms with E-state index >= 15 is 0 Å². The van der Waals surface area contributed by atoms with Crippen LogP contribution < -0.4 is 10.6 Å². The van der Waals surface area contributed by atoms with Gasteiger partial charge in [-0.1, -0.05) is 6.92 Å². The number of nitrogen functional groups attached to an aromatic ring is 1. The van der Waals surface area contributed by atoms with E-state index in [0.717, 1.165) is 47.7 Å². The van der Waals surface area contributed by atoms with Crippen molar-refractivity contribution < 1.29 is 4.74 Å². The second-order valence-electron chi connectivity index (χ2n) is 4.54. The van der Waals surface area contributed by atoms with E-state index in [4.69, 9.17) is 10.5 Å². The Labute approximate surface area is 110 Å². The van der Waals surface area contributed by atoms with E-state index in [1.165, 1.54) is 0 Å². The number of thiazole rings is 1. The molecule has 5 heteroatoms. The number of nitrogens with two attached hydrogens (primary N) is 1. The fourth-order valence-corrected chi connectivity index (χ4v) is 3.09. The fourth-order valence-electron chi connectivity index (χ4n) is 2.40. The van der Waals surface area contributed by atoms with E-state index in [1.807, 2.05) is 5.51 Å². The van der Waals surface area contributed by atoms with Gasteiger partial charge >= 0.3 is 0 Å². The summed E-state index contributed by atoms with van der Waals surface area (Å²) >= 11 is 1.63. The average Bonchev–Trinajstić information content (AvgIpc) is 2.88. The first-order valence-corrected chi connectivity index (χ1v) is 7.15. The Morgan fingerprint density at radius 2 is 2.44 bits per heavy atom. The number of ether oxygens (including phenoxy) is 1. The van der Waals surface area contributed by atoms with Crippen LogP contribution in [0.2, 0.25) is 0 Å². The van der Waals surface area contributed by atoms with Gasteiger partial charge in [-0.2, -0.15) is 0 Å². The second-order valence-corrected chi connectivity index (χ2v) is 5.43. The molecular weight excluding hydrogens is 246 g/mol. The van der Waals surface area contributed by atoms with E-state index in [9.17, 15) is 0 Å². The summed E-state index contributed by atoms with van der Waals surface area (Å²) in [6, 6.07) is 4.21. The van der Waals surface area contributed by atoms with Crippen molar-refractivity contribution in [3.63, 3.8) is 0 Å². The molecule has 96 valence electrons. The van der Waals surface area contributed by atoms with E-state index < -0.39 is 0 Å². The minimum atomic E-state index is 0.310. The Morgan fingerprint density at radius 3 is 3.28 bits per heavy atom. The minimum Gasteiger partial charge on any atom is -0.395 e. The summed E-state index contributed by atoms with van der Waals surface area (Å²) in [5.41, 5.74) is 10.9. The summed E-state index contributed by atoms with van der Waals surface area (Å²) in [6.45, 7) is 4.74. The van der Waals surface area contributed by atoms with Crippen molar-refractivity contribution >= 4 is 32.9 Å². The molecule has 4 nitrogen and oxygen atoms in total. The lowest BCUT2D eigenvalue weighted by molar-refractivity contribution is 0.0385. The Balaban J connectivity index is 1.95. The van der Waals surface area contributed by atoms with Crippen molar-refractivity contribution in [1.82, 2.24) is 4.98 Å². The molecule has 1 unspecified atom stereocenters. The molecule has 0 amide bonds. The molecule has 0 spiro atoms. The average molecular weight is 263 g/mol. The molecule has 0 radical (unpaired) electrons. The number of morpholine rings is 1. The molecule has 2 N–H and O–H groups in total. The van der Waals surface area contributed by atoms with E-state index in [-0.39, 0.29) is 0 Å². The normalized spacial score (nSPS) is 20.5. The lowest BCUT2D eigenvalue weighted by Crippen LogP contribution is -2.42. The van der Waals surface area contributed by atoms with Crippen LogP contribution in [0.15, 0.2) is 17.6 Å². The van der Waals surface area contributed by atoms with Gasteiger partial charge in [0.15, 0.2) is 0 Å². The van der Waals surface area contributed by atoms with Gasteiger partial charge in [-0.3, -0.25) is 0 Å². The highest BCUT2D eigenvalue weighted by Gasteiger charge is 2.21. The van der Waals surface area contributed by atoms with Crippen LogP contribution in [0.4, 0.5) is 11.4 Å². The molecular formula is C13H17N3OS. The highest BCUT2D eigenvalue weighted by Crippen LogP contribution is 2.33. The van der Waals surface area contributed by atoms with Crippen molar-refractivity contribution in [1.29, 1.82) is 0 Å². The summed E-state index contributed by atoms with van der Waals surface area (Å²) in [5, 5.41) is 0. The molecule has 0 aliphatic carbocycles. The Bertz CT molecular complexity index is 554. The van der Waals surface area contributed by atoms with Crippen LogP contribution in [-0.2, 0) is 4.74 Å². The third kappa shape index (κ3) is 1.93. The highest BCUT2D eigenvalue weighted by molar-refractivity contribution is 7.16. The Hall–Kier alpha value is -1.33. The number of hydrogen-bond donors (Lipinski definition) is 1. The molecule has 3 rings (SSSR count). The van der Waals surface area contributed by atoms with Crippen molar-refractivity contribution in [2.24, 2.45) is 0 Å². The number of aromatic nitrogens is 1. The summed E-state index contributed by atoms with van der Waals surface area (Å²) in [5.74, 6) is 0. The van der Waals surface area contributed by atoms with Gasteiger partial charge in [0, 0.05) is 13.1 Å². The number of rotatable bonds is 2. The number of benzene rings is 1. The van der Waals surface area contributed by atoms with Crippen LogP contribution in [0.5, 0.6) is 0 Å². The minimum absolute atomic E-state index is 0.310. The molecule has 1 fully saturated rings. The molecule has 1 aliphatic rings. The molecule has 1 atom stereocenters. The molecule has 2 aromatic rings. The van der Waals surface area contributed by atoms with Gasteiger partial charge in [-0.05, 0) is 18.6 Å². The largest absolute Gasteiger partial charge is 0.395 e. The van der Waals surface area contributed by atoms with Crippen LogP contribution in [0.1, 0.15) is 13.3 Å². The van der Waals surface area contributed by atoms with Gasteiger partial charge in [0.25, 0.3) is 0 Å². The van der Waals surface area contributed by atoms with Gasteiger partial charge in [0.2, 0.25) is 0 Å². The number of anilines is 2. The molecule has 0 bridgehead atoms. The van der Waals surface area contributed by atoms with Crippen molar-refractivity contribution in [3.8, 4) is 0 Å². The predicted octanol–water partition coefficient (Wildman–Crippen LogP) is 2.49. The van der Waals surface area contributed by atoms with Crippen LogP contribution >= 0.6 is 11.3 Å². The second kappa shape index (κ2) is 4.74. The maximum absolute atomic E-state index is 6.24. The third-order valence-corrected chi connectivity index (χ3v) is 4.25. The maximum Gasteiger partial charge on any atom is 0.106 e. The van der Waals surface area contributed by atoms with Crippen LogP contribution in [0.3, 0.4) is 0 Å². The zero-order chi connectivity index (χ0) is 12.5. The fraction of sp³-hybridized carbons (Fsp3) is 0.462. The standard InChI is InChI=1S/C13H17N3OS/c1-2-9-7-16(5-6-17-9)10-3-4-11-13(12(10)14)15-8-18-11/h3-4,8-9H,2,5-7,14H2,1H3. The van der Waals surface area contributed by atoms with E-state index in [1.54, 1.807) is 11.3 Å². The lowest BCUT2D eigenvalue weighted by atomic mass is 10.1. The van der Waals surface area contributed by atoms with Gasteiger partial charge in [-0.25, -0.2) is 4.98 Å². The van der Waals surface area contributed by atoms with Crippen molar-refractivity contribution in [2.75, 3.05) is 30.3 Å². The zero-order valence-corrected chi connectivity index (χ0v) is 11.2. The lowest BCUT2D eigenvalue weighted by Gasteiger charge is -2.34. The number of nitrogens with zero attached hydrogens (tertiary/aromatic N) is 2. The number of fused-ring (bicyclic) bond motifs is 1. The van der Waals surface area contributed by atoms with Gasteiger partial charge < -0.3 is 15.4 Å². The smallest absolute Gasteiger partial charge is 0.106 e. The molecule has 0 saturated carbocycles. The molecule has 18 heavy (non-hydrogen) atoms. The Kier molecular flexibility index (Phi) is 3.09. The monoisotopic (exact) mass is 263 g/mol. The SMILES string of the molecule is CCC1CN(c2ccc3scnc3c2N)CCO1. The van der Waals surface area contributed by atoms with Gasteiger partial charge in [0.1, 0.15) is 5.52 Å². The van der Waals surface area contributed by atoms with Gasteiger partial charge in [-0.15, -0.1) is 11.3 Å². The first kappa shape index (κ1) is 11.7. The predicted molar refractivity (Wildman–Crippen MR) is 76.3 cm³/mol. The summed E-state index contributed by atoms with van der Waals surface area (Å²) in [4.78, 5) is 6.66. The first-order chi connectivity index (χ1) is 8.79. The molecule has 2 heterocycles. The molecule has 1 aliphatic heterocycles. The van der Waals surface area contributed by atoms with Gasteiger partial charge in [0.05, 0.1) is 34.3 Å². The zero-order valence-electron chi connectivity index (χ0n) is 10.4. The van der Waals surface area contributed by atoms with Crippen LogP contribution in [0.25, 0.3) is 10.2 Å². The molecule has 1 aromatic carbocycles. The highest BCUT2D eigenvalue weighted by atomic mass is 32.1. The van der Waals surface area contributed by atoms with E-state index in [0.29, 0.717) is 6.10 Å². The maximum atomic E-state index is 6.24. The summed E-state index contributed by atoms with van der Waals surface area (Å²) < 4.78 is 6.84. The third-order valence-electron chi connectivity index (χ3n) is 3.45. The first-order valence-electron chi connectivity index (χ1n) is 6.28. The molecule has 1 saturated heterocycles. The topological polar surface area (TPSA) is 51.4 Å². The van der Waals surface area contributed by atoms with Crippen molar-refractivity contribution in [3.05, 3.63) is 17.6 Å². The van der Waals surface area contributed by atoms with E-state index in [2.05, 4.69) is 28.9 Å². The number of hydrogen-bond acceptors (Lipinski definition) is 5. The molecule has 1 aromatic heterocycles. The summed E-state index contributed by atoms with van der Waals surface area (Å²) in [6.07, 6.45) is 1.35. The van der Waals surface area contributed by atoms with Crippen molar-refractivity contribution in [2.45, 2.75) is 19.4 Å². The summed E-state index contributed by atoms with van der Waals surface area (Å²) in [7, 11) is 0. The Morgan fingerprint density at radius 1 is 1.56 bits per heavy atom. The quantitative estimate of drug-likeness (QED) is 0.846. The van der Waals surface area contributed by atoms with Crippen LogP contribution in [-0.4, -0.2) is 30.8 Å².